The SMILES string of the molecule is OC[C@H](O)[C@@H]1[Se]C[C@H](O)[C@H]1O. The van der Waals surface area contributed by atoms with Gasteiger partial charge in [0, 0.05) is 0 Å². The Bertz CT molecular complexity index is 132. The first-order valence-electron chi connectivity index (χ1n) is 3.43. The van der Waals surface area contributed by atoms with Gasteiger partial charge in [-0.05, 0) is 0 Å². The van der Waals surface area contributed by atoms with Crippen molar-refractivity contribution in [3.05, 3.63) is 0 Å². The van der Waals surface area contributed by atoms with E-state index in [1.54, 1.807) is 0 Å². The first kappa shape index (κ1) is 9.45. The van der Waals surface area contributed by atoms with Gasteiger partial charge in [0.25, 0.3) is 0 Å². The molecule has 66 valence electrons. The molecule has 0 aromatic heterocycles. The van der Waals surface area contributed by atoms with Gasteiger partial charge < -0.3 is 0 Å². The summed E-state index contributed by atoms with van der Waals surface area (Å²) < 4.78 is 0. The van der Waals surface area contributed by atoms with E-state index in [0.717, 1.165) is 0 Å². The van der Waals surface area contributed by atoms with Crippen LogP contribution in [0.15, 0.2) is 0 Å². The maximum atomic E-state index is 9.25. The van der Waals surface area contributed by atoms with Crippen LogP contribution in [0.5, 0.6) is 0 Å². The van der Waals surface area contributed by atoms with E-state index in [4.69, 9.17) is 15.3 Å². The summed E-state index contributed by atoms with van der Waals surface area (Å²) in [5, 5.41) is 36.6. The molecule has 0 spiro atoms. The monoisotopic (exact) mass is 228 g/mol. The van der Waals surface area contributed by atoms with Gasteiger partial charge in [0.1, 0.15) is 0 Å². The Kier molecular flexibility index (Phi) is 3.30. The Balaban J connectivity index is 2.47. The molecule has 0 amide bonds. The van der Waals surface area contributed by atoms with E-state index >= 15 is 0 Å². The molecular formula is C6H12O4Se. The van der Waals surface area contributed by atoms with Crippen LogP contribution in [0.1, 0.15) is 0 Å². The van der Waals surface area contributed by atoms with Gasteiger partial charge in [-0.15, -0.1) is 0 Å². The number of hydrogen-bond acceptors (Lipinski definition) is 4. The third-order valence-corrected chi connectivity index (χ3v) is 4.93. The van der Waals surface area contributed by atoms with Crippen molar-refractivity contribution in [2.45, 2.75) is 28.4 Å². The molecule has 1 aliphatic rings. The molecule has 1 heterocycles. The fourth-order valence-electron chi connectivity index (χ4n) is 1.07. The van der Waals surface area contributed by atoms with E-state index in [0.29, 0.717) is 5.32 Å². The van der Waals surface area contributed by atoms with Crippen molar-refractivity contribution in [2.24, 2.45) is 0 Å². The second-order valence-electron chi connectivity index (χ2n) is 2.61. The molecule has 11 heavy (non-hydrogen) atoms. The fraction of sp³-hybridized carbons (Fsp3) is 1.00. The van der Waals surface area contributed by atoms with Crippen molar-refractivity contribution in [2.75, 3.05) is 6.61 Å². The average Bonchev–Trinajstić information content (AvgIpc) is 2.32. The van der Waals surface area contributed by atoms with Gasteiger partial charge in [-0.1, -0.05) is 0 Å². The molecule has 0 aromatic carbocycles. The van der Waals surface area contributed by atoms with Crippen molar-refractivity contribution < 1.29 is 20.4 Å². The third kappa shape index (κ3) is 1.93. The van der Waals surface area contributed by atoms with E-state index in [1.165, 1.54) is 0 Å². The summed E-state index contributed by atoms with van der Waals surface area (Å²) >= 11 is 0.0426. The van der Waals surface area contributed by atoms with Gasteiger partial charge in [-0.3, -0.25) is 0 Å². The Labute approximate surface area is 71.0 Å². The molecule has 0 saturated carbocycles. The van der Waals surface area contributed by atoms with Crippen molar-refractivity contribution in [1.82, 2.24) is 0 Å². The molecule has 4 N–H and O–H groups in total. The number of rotatable bonds is 2. The number of hydrogen-bond donors (Lipinski definition) is 4. The van der Waals surface area contributed by atoms with Crippen molar-refractivity contribution in [1.29, 1.82) is 0 Å². The molecule has 1 saturated heterocycles. The van der Waals surface area contributed by atoms with Crippen LogP contribution in [0, 0.1) is 0 Å². The van der Waals surface area contributed by atoms with Crippen LogP contribution >= 0.6 is 0 Å². The van der Waals surface area contributed by atoms with E-state index in [2.05, 4.69) is 0 Å². The molecule has 4 atom stereocenters. The summed E-state index contributed by atoms with van der Waals surface area (Å²) in [6.45, 7) is -0.337. The Morgan fingerprint density at radius 2 is 2.09 bits per heavy atom. The quantitative estimate of drug-likeness (QED) is 0.411. The molecule has 0 radical (unpaired) electrons. The van der Waals surface area contributed by atoms with Crippen LogP contribution in [0.4, 0.5) is 0 Å². The minimum absolute atomic E-state index is 0.0426. The maximum absolute atomic E-state index is 9.25. The summed E-state index contributed by atoms with van der Waals surface area (Å²) in [5.74, 6) is 0. The summed E-state index contributed by atoms with van der Waals surface area (Å²) in [6, 6.07) is 0. The zero-order chi connectivity index (χ0) is 8.43. The molecule has 1 rings (SSSR count). The molecule has 1 aliphatic heterocycles. The van der Waals surface area contributed by atoms with Crippen LogP contribution in [-0.2, 0) is 0 Å². The molecule has 0 aliphatic carbocycles. The normalized spacial score (nSPS) is 40.9. The Hall–Kier alpha value is 0.359. The summed E-state index contributed by atoms with van der Waals surface area (Å²) in [5.41, 5.74) is 0. The van der Waals surface area contributed by atoms with Crippen LogP contribution in [0.2, 0.25) is 10.1 Å². The van der Waals surface area contributed by atoms with Crippen molar-refractivity contribution >= 4 is 15.0 Å². The predicted molar refractivity (Wildman–Crippen MR) is 39.4 cm³/mol. The molecular weight excluding hydrogens is 215 g/mol. The van der Waals surface area contributed by atoms with Gasteiger partial charge in [-0.2, -0.15) is 0 Å². The first-order chi connectivity index (χ1) is 5.16. The van der Waals surface area contributed by atoms with E-state index in [1.807, 2.05) is 0 Å². The molecule has 1 fully saturated rings. The van der Waals surface area contributed by atoms with Gasteiger partial charge in [0.05, 0.1) is 0 Å². The molecule has 0 unspecified atom stereocenters. The van der Waals surface area contributed by atoms with Crippen molar-refractivity contribution in [3.63, 3.8) is 0 Å². The van der Waals surface area contributed by atoms with E-state index in [-0.39, 0.29) is 26.4 Å². The Morgan fingerprint density at radius 1 is 1.45 bits per heavy atom. The topological polar surface area (TPSA) is 80.9 Å². The van der Waals surface area contributed by atoms with Crippen LogP contribution in [0.25, 0.3) is 0 Å². The molecule has 0 bridgehead atoms. The summed E-state index contributed by atoms with van der Waals surface area (Å²) in [6.07, 6.45) is -2.43. The number of aliphatic hydroxyl groups excluding tert-OH is 4. The minimum atomic E-state index is -0.873. The second-order valence-corrected chi connectivity index (χ2v) is 5.15. The zero-order valence-corrected chi connectivity index (χ0v) is 7.63. The fourth-order valence-corrected chi connectivity index (χ4v) is 3.80. The zero-order valence-electron chi connectivity index (χ0n) is 5.92. The van der Waals surface area contributed by atoms with E-state index in [9.17, 15) is 5.11 Å². The van der Waals surface area contributed by atoms with Gasteiger partial charge in [0.15, 0.2) is 0 Å². The molecule has 4 nitrogen and oxygen atoms in total. The summed E-state index contributed by atoms with van der Waals surface area (Å²) in [4.78, 5) is -0.303. The second kappa shape index (κ2) is 3.85. The first-order valence-corrected chi connectivity index (χ1v) is 5.63. The van der Waals surface area contributed by atoms with Crippen LogP contribution in [-0.4, -0.2) is 60.3 Å². The van der Waals surface area contributed by atoms with E-state index < -0.39 is 18.3 Å². The standard InChI is InChI=1S/C6H12O4Se/c7-1-3(8)6-5(10)4(9)2-11-6/h3-10H,1-2H2/t3-,4-,5+,6-/m0/s1. The average molecular weight is 227 g/mol. The third-order valence-electron chi connectivity index (χ3n) is 1.76. The number of aliphatic hydroxyl groups is 4. The Morgan fingerprint density at radius 3 is 2.45 bits per heavy atom. The molecule has 0 aromatic rings. The van der Waals surface area contributed by atoms with Crippen LogP contribution < -0.4 is 0 Å². The molecule has 5 heteroatoms. The van der Waals surface area contributed by atoms with Gasteiger partial charge in [0.2, 0.25) is 0 Å². The summed E-state index contributed by atoms with van der Waals surface area (Å²) in [7, 11) is 0. The van der Waals surface area contributed by atoms with Crippen molar-refractivity contribution in [3.8, 4) is 0 Å². The van der Waals surface area contributed by atoms with Crippen LogP contribution in [0.3, 0.4) is 0 Å². The van der Waals surface area contributed by atoms with Gasteiger partial charge >= 0.3 is 70.4 Å². The van der Waals surface area contributed by atoms with Gasteiger partial charge in [-0.25, -0.2) is 0 Å². The predicted octanol–water partition coefficient (Wildman–Crippen LogP) is -2.01.